The number of allylic oxidation sites excluding steroid dienone is 1. The Labute approximate surface area is 178 Å². The van der Waals surface area contributed by atoms with Crippen LogP contribution in [0.15, 0.2) is 28.1 Å². The number of anilines is 1. The molecule has 0 bridgehead atoms. The highest BCUT2D eigenvalue weighted by molar-refractivity contribution is 7.92. The van der Waals surface area contributed by atoms with Crippen LogP contribution in [0.2, 0.25) is 5.02 Å². The lowest BCUT2D eigenvalue weighted by molar-refractivity contribution is 0.0323. The van der Waals surface area contributed by atoms with Crippen LogP contribution >= 0.6 is 23.2 Å². The molecule has 3 N–H and O–H groups in total. The van der Waals surface area contributed by atoms with Crippen molar-refractivity contribution in [1.29, 1.82) is 0 Å². The van der Waals surface area contributed by atoms with Crippen molar-refractivity contribution in [3.8, 4) is 5.75 Å². The van der Waals surface area contributed by atoms with Gasteiger partial charge in [0.2, 0.25) is 14.8 Å². The first kappa shape index (κ1) is 22.1. The number of halogens is 3. The van der Waals surface area contributed by atoms with Crippen molar-refractivity contribution in [2.75, 3.05) is 25.1 Å². The zero-order chi connectivity index (χ0) is 21.2. The van der Waals surface area contributed by atoms with E-state index in [0.29, 0.717) is 5.03 Å². The molecule has 1 unspecified atom stereocenters. The zero-order valence-corrected chi connectivity index (χ0v) is 17.7. The molecule has 0 spiro atoms. The second-order valence-electron chi connectivity index (χ2n) is 6.97. The Balaban J connectivity index is 1.80. The van der Waals surface area contributed by atoms with Gasteiger partial charge in [-0.05, 0) is 25.0 Å². The maximum absolute atomic E-state index is 15.2. The maximum Gasteiger partial charge on any atom is 0.319 e. The van der Waals surface area contributed by atoms with E-state index >= 15 is 4.39 Å². The molecule has 1 atom stereocenters. The summed E-state index contributed by atoms with van der Waals surface area (Å²) in [5, 5.41) is 13.2. The number of urea groups is 1. The van der Waals surface area contributed by atoms with Crippen molar-refractivity contribution in [1.82, 2.24) is 5.32 Å². The van der Waals surface area contributed by atoms with E-state index in [1.807, 2.05) is 6.08 Å². The third kappa shape index (κ3) is 4.47. The van der Waals surface area contributed by atoms with Crippen LogP contribution in [0.4, 0.5) is 14.9 Å². The summed E-state index contributed by atoms with van der Waals surface area (Å²) in [6.45, 7) is 0.160. The number of carbonyl (C=O) groups excluding carboxylic acids is 1. The lowest BCUT2D eigenvalue weighted by Crippen LogP contribution is -2.40. The van der Waals surface area contributed by atoms with E-state index in [1.165, 1.54) is 12.1 Å². The summed E-state index contributed by atoms with van der Waals surface area (Å²) in [6.07, 6.45) is 2.78. The van der Waals surface area contributed by atoms with E-state index in [9.17, 15) is 18.3 Å². The van der Waals surface area contributed by atoms with Gasteiger partial charge in [0.25, 0.3) is 0 Å². The quantitative estimate of drug-likeness (QED) is 0.569. The largest absolute Gasteiger partial charge is 0.504 e. The normalized spacial score (nSPS) is 21.5. The van der Waals surface area contributed by atoms with Crippen LogP contribution in [0.1, 0.15) is 25.7 Å². The molecule has 1 aliphatic carbocycles. The van der Waals surface area contributed by atoms with E-state index < -0.39 is 31.5 Å². The molecule has 160 valence electrons. The van der Waals surface area contributed by atoms with Crippen molar-refractivity contribution in [2.24, 2.45) is 5.92 Å². The first-order chi connectivity index (χ1) is 13.7. The van der Waals surface area contributed by atoms with Gasteiger partial charge in [0.05, 0.1) is 23.9 Å². The van der Waals surface area contributed by atoms with E-state index in [4.69, 9.17) is 27.9 Å². The number of benzene rings is 1. The van der Waals surface area contributed by atoms with Gasteiger partial charge in [-0.3, -0.25) is 0 Å². The number of phenols is 1. The van der Waals surface area contributed by atoms with E-state index in [2.05, 4.69) is 10.6 Å². The van der Waals surface area contributed by atoms with Gasteiger partial charge < -0.3 is 20.5 Å². The van der Waals surface area contributed by atoms with Crippen molar-refractivity contribution >= 4 is 44.8 Å². The minimum absolute atomic E-state index is 0.0112. The number of nitrogens with one attached hydrogen (secondary N) is 2. The van der Waals surface area contributed by atoms with Gasteiger partial charge >= 0.3 is 6.03 Å². The molecule has 2 amide bonds. The Bertz CT molecular complexity index is 932. The average molecular weight is 467 g/mol. The summed E-state index contributed by atoms with van der Waals surface area (Å²) < 4.78 is 46.0. The molecular formula is C18H21Cl2FN2O5S. The van der Waals surface area contributed by atoms with Crippen LogP contribution in [0.3, 0.4) is 0 Å². The minimum Gasteiger partial charge on any atom is -0.504 e. The molecule has 1 aliphatic heterocycles. The summed E-state index contributed by atoms with van der Waals surface area (Å²) in [5.41, 5.74) is -0.200. The molecule has 1 heterocycles. The maximum atomic E-state index is 15.2. The van der Waals surface area contributed by atoms with Crippen LogP contribution in [-0.2, 0) is 14.6 Å². The van der Waals surface area contributed by atoms with Crippen LogP contribution in [-0.4, -0.2) is 44.3 Å². The molecule has 1 fully saturated rings. The molecule has 0 saturated carbocycles. The second kappa shape index (κ2) is 8.67. The molecule has 2 aliphatic rings. The predicted octanol–water partition coefficient (Wildman–Crippen LogP) is 3.95. The Morgan fingerprint density at radius 3 is 2.62 bits per heavy atom. The van der Waals surface area contributed by atoms with E-state index in [0.717, 1.165) is 12.8 Å². The number of hydrogen-bond donors (Lipinski definition) is 3. The standard InChI is InChI=1S/C18H21Cl2FN2O5S/c19-12-3-1-2-11(12)10-22-17(25)23-14-5-4-13(20)16(15(14)24)29(26,27)18(21)6-8-28-9-7-18/h3-5,11,24H,1-2,6-10H2,(H2,22,23,25). The SMILES string of the molecule is O=C(NCC1CCC=C1Cl)Nc1ccc(Cl)c(S(=O)(=O)C2(F)CCOCC2)c1O. The summed E-state index contributed by atoms with van der Waals surface area (Å²) in [5.74, 6) is -0.799. The highest BCUT2D eigenvalue weighted by Crippen LogP contribution is 2.45. The molecule has 1 aromatic rings. The number of sulfone groups is 1. The number of hydrogen-bond acceptors (Lipinski definition) is 5. The number of phenolic OH excluding ortho intramolecular Hbond substituents is 1. The Kier molecular flexibility index (Phi) is 6.62. The zero-order valence-electron chi connectivity index (χ0n) is 15.4. The number of carbonyl (C=O) groups is 1. The molecule has 1 saturated heterocycles. The summed E-state index contributed by atoms with van der Waals surface area (Å²) in [6, 6.07) is 1.76. The number of alkyl halides is 1. The molecule has 11 heteroatoms. The molecule has 7 nitrogen and oxygen atoms in total. The Hall–Kier alpha value is -1.55. The number of amides is 2. The fourth-order valence-electron chi connectivity index (χ4n) is 3.34. The van der Waals surface area contributed by atoms with Gasteiger partial charge in [0.15, 0.2) is 5.75 Å². The van der Waals surface area contributed by atoms with Crippen molar-refractivity contribution in [3.63, 3.8) is 0 Å². The van der Waals surface area contributed by atoms with Gasteiger partial charge in [0, 0.05) is 30.3 Å². The second-order valence-corrected chi connectivity index (χ2v) is 9.96. The monoisotopic (exact) mass is 466 g/mol. The van der Waals surface area contributed by atoms with Gasteiger partial charge in [0.1, 0.15) is 4.90 Å². The van der Waals surface area contributed by atoms with Crippen LogP contribution in [0.5, 0.6) is 5.75 Å². The highest BCUT2D eigenvalue weighted by Gasteiger charge is 2.48. The fraction of sp³-hybridized carbons (Fsp3) is 0.500. The van der Waals surface area contributed by atoms with E-state index in [-0.39, 0.29) is 49.2 Å². The number of ether oxygens (including phenoxy) is 1. The molecule has 0 aromatic heterocycles. The summed E-state index contributed by atoms with van der Waals surface area (Å²) in [7, 11) is -4.64. The molecule has 29 heavy (non-hydrogen) atoms. The van der Waals surface area contributed by atoms with E-state index in [1.54, 1.807) is 0 Å². The van der Waals surface area contributed by atoms with Crippen molar-refractivity contribution < 1.29 is 27.4 Å². The number of aromatic hydroxyl groups is 1. The average Bonchev–Trinajstić information content (AvgIpc) is 3.08. The topological polar surface area (TPSA) is 105 Å². The summed E-state index contributed by atoms with van der Waals surface area (Å²) in [4.78, 5) is 11.4. The third-order valence-corrected chi connectivity index (χ3v) is 8.29. The van der Waals surface area contributed by atoms with Crippen LogP contribution in [0.25, 0.3) is 0 Å². The van der Waals surface area contributed by atoms with Crippen LogP contribution < -0.4 is 10.6 Å². The molecule has 0 radical (unpaired) electrons. The lowest BCUT2D eigenvalue weighted by Gasteiger charge is -2.29. The van der Waals surface area contributed by atoms with Gasteiger partial charge in [-0.15, -0.1) is 0 Å². The van der Waals surface area contributed by atoms with Crippen LogP contribution in [0, 0.1) is 5.92 Å². The summed E-state index contributed by atoms with van der Waals surface area (Å²) >= 11 is 12.0. The Morgan fingerprint density at radius 2 is 2.00 bits per heavy atom. The molecule has 1 aromatic carbocycles. The van der Waals surface area contributed by atoms with Gasteiger partial charge in [-0.1, -0.05) is 29.3 Å². The predicted molar refractivity (Wildman–Crippen MR) is 108 cm³/mol. The third-order valence-electron chi connectivity index (χ3n) is 5.07. The van der Waals surface area contributed by atoms with Gasteiger partial charge in [-0.2, -0.15) is 0 Å². The molecular weight excluding hydrogens is 446 g/mol. The Morgan fingerprint density at radius 1 is 1.31 bits per heavy atom. The molecule has 3 rings (SSSR count). The van der Waals surface area contributed by atoms with Gasteiger partial charge in [-0.25, -0.2) is 17.6 Å². The number of rotatable bonds is 5. The minimum atomic E-state index is -4.64. The lowest BCUT2D eigenvalue weighted by atomic mass is 10.1. The van der Waals surface area contributed by atoms with Crippen molar-refractivity contribution in [2.45, 2.75) is 35.6 Å². The highest BCUT2D eigenvalue weighted by atomic mass is 35.5. The van der Waals surface area contributed by atoms with Crippen molar-refractivity contribution in [3.05, 3.63) is 28.3 Å². The first-order valence-electron chi connectivity index (χ1n) is 9.09. The first-order valence-corrected chi connectivity index (χ1v) is 11.3. The smallest absolute Gasteiger partial charge is 0.319 e. The fourth-order valence-corrected chi connectivity index (χ4v) is 5.85.